The molecule has 8 nitrogen and oxygen atoms in total. The van der Waals surface area contributed by atoms with Crippen molar-refractivity contribution in [2.45, 2.75) is 19.4 Å². The van der Waals surface area contributed by atoms with Crippen LogP contribution in [0.25, 0.3) is 16.7 Å². The molecule has 0 saturated carbocycles. The molecule has 1 aromatic carbocycles. The number of aryl methyl sites for hydroxylation is 1. The van der Waals surface area contributed by atoms with E-state index in [0.717, 1.165) is 25.2 Å². The number of carbonyl (C=O) groups excluding carboxylic acids is 1. The molecule has 0 unspecified atom stereocenters. The van der Waals surface area contributed by atoms with Gasteiger partial charge in [0.25, 0.3) is 5.91 Å². The first-order chi connectivity index (χ1) is 15.0. The van der Waals surface area contributed by atoms with Crippen molar-refractivity contribution in [2.75, 3.05) is 30.4 Å². The van der Waals surface area contributed by atoms with E-state index in [1.807, 2.05) is 13.1 Å². The molecule has 1 atom stereocenters. The fourth-order valence-electron chi connectivity index (χ4n) is 4.12. The molecule has 4 aromatic rings. The van der Waals surface area contributed by atoms with Crippen molar-refractivity contribution in [3.8, 4) is 0 Å². The molecule has 1 fully saturated rings. The van der Waals surface area contributed by atoms with Crippen molar-refractivity contribution < 1.29 is 9.18 Å². The predicted molar refractivity (Wildman–Crippen MR) is 117 cm³/mol. The van der Waals surface area contributed by atoms with Crippen LogP contribution in [0.5, 0.6) is 0 Å². The quantitative estimate of drug-likeness (QED) is 0.529. The zero-order valence-electron chi connectivity index (χ0n) is 17.3. The highest BCUT2D eigenvalue weighted by molar-refractivity contribution is 6.13. The summed E-state index contributed by atoms with van der Waals surface area (Å²) in [6, 6.07) is 5.27. The molecule has 0 radical (unpaired) electrons. The smallest absolute Gasteiger partial charge is 0.257 e. The molecule has 0 spiro atoms. The molecule has 0 bridgehead atoms. The van der Waals surface area contributed by atoms with Gasteiger partial charge >= 0.3 is 0 Å². The number of anilines is 2. The fourth-order valence-corrected chi connectivity index (χ4v) is 4.12. The summed E-state index contributed by atoms with van der Waals surface area (Å²) in [7, 11) is 2.03. The number of nitrogens with one attached hydrogen (secondary N) is 2. The van der Waals surface area contributed by atoms with Crippen LogP contribution in [0.2, 0.25) is 0 Å². The number of pyridine rings is 1. The highest BCUT2D eigenvalue weighted by Crippen LogP contribution is 2.29. The molecule has 4 heterocycles. The summed E-state index contributed by atoms with van der Waals surface area (Å²) in [5.74, 6) is -0.879. The minimum absolute atomic E-state index is 0.223. The van der Waals surface area contributed by atoms with E-state index in [9.17, 15) is 9.18 Å². The van der Waals surface area contributed by atoms with Gasteiger partial charge in [-0.2, -0.15) is 0 Å². The number of carbonyl (C=O) groups is 1. The lowest BCUT2D eigenvalue weighted by molar-refractivity contribution is 0.102. The van der Waals surface area contributed by atoms with Gasteiger partial charge in [-0.25, -0.2) is 9.37 Å². The lowest BCUT2D eigenvalue weighted by atomic mass is 10.1. The van der Waals surface area contributed by atoms with Gasteiger partial charge in [-0.1, -0.05) is 0 Å². The lowest BCUT2D eigenvalue weighted by Crippen LogP contribution is -2.33. The Kier molecular flexibility index (Phi) is 4.74. The number of benzene rings is 1. The van der Waals surface area contributed by atoms with Crippen molar-refractivity contribution in [1.82, 2.24) is 24.7 Å². The fraction of sp³-hybridized carbons (Fsp3) is 0.273. The number of rotatable bonds is 4. The molecule has 3 aromatic heterocycles. The van der Waals surface area contributed by atoms with Gasteiger partial charge in [-0.15, -0.1) is 0 Å². The lowest BCUT2D eigenvalue weighted by Gasteiger charge is -2.27. The number of fused-ring (bicyclic) bond motifs is 2. The highest BCUT2D eigenvalue weighted by Gasteiger charge is 2.23. The topological polar surface area (TPSA) is 87.5 Å². The molecule has 1 amide bonds. The number of hydrogen-bond donors (Lipinski definition) is 2. The first-order valence-corrected chi connectivity index (χ1v) is 10.1. The standard InChI is InChI=1S/C22H22FN7O/c1-13-11-30-12-14(9-17(23)21(30)27-13)28-22(31)16-3-4-18(20-19(16)25-7-8-26-20)29(2)15-5-6-24-10-15/h3-4,7-9,11-12,15,24H,5-6,10H2,1-2H3,(H,28,31)/t15-/m1/s1. The maximum Gasteiger partial charge on any atom is 0.257 e. The summed E-state index contributed by atoms with van der Waals surface area (Å²) in [6.07, 6.45) is 7.58. The van der Waals surface area contributed by atoms with Gasteiger partial charge in [-0.3, -0.25) is 14.8 Å². The van der Waals surface area contributed by atoms with Crippen LogP contribution in [-0.4, -0.2) is 51.4 Å². The third kappa shape index (κ3) is 3.46. The summed E-state index contributed by atoms with van der Waals surface area (Å²) in [5.41, 5.74) is 3.73. The molecule has 0 aliphatic carbocycles. The van der Waals surface area contributed by atoms with Crippen molar-refractivity contribution in [1.29, 1.82) is 0 Å². The second-order valence-electron chi connectivity index (χ2n) is 7.79. The third-order valence-electron chi connectivity index (χ3n) is 5.70. The number of amides is 1. The summed E-state index contributed by atoms with van der Waals surface area (Å²) < 4.78 is 15.9. The zero-order chi connectivity index (χ0) is 21.5. The number of imidazole rings is 1. The minimum Gasteiger partial charge on any atom is -0.368 e. The Labute approximate surface area is 178 Å². The Bertz CT molecular complexity index is 1300. The average molecular weight is 419 g/mol. The second-order valence-corrected chi connectivity index (χ2v) is 7.79. The van der Waals surface area contributed by atoms with Gasteiger partial charge in [0.05, 0.1) is 22.6 Å². The van der Waals surface area contributed by atoms with Crippen molar-refractivity contribution >= 4 is 34.0 Å². The van der Waals surface area contributed by atoms with Gasteiger partial charge < -0.3 is 19.9 Å². The Balaban J connectivity index is 1.50. The SMILES string of the molecule is Cc1cn2cc(NC(=O)c3ccc(N(C)[C@@H]4CCNC4)c4nccnc34)cc(F)c2n1. The molecule has 2 N–H and O–H groups in total. The van der Waals surface area contributed by atoms with E-state index in [-0.39, 0.29) is 11.6 Å². The molecule has 1 saturated heterocycles. The maximum absolute atomic E-state index is 14.4. The van der Waals surface area contributed by atoms with Crippen molar-refractivity contribution in [2.24, 2.45) is 0 Å². The monoisotopic (exact) mass is 419 g/mol. The van der Waals surface area contributed by atoms with Crippen LogP contribution < -0.4 is 15.5 Å². The van der Waals surface area contributed by atoms with E-state index in [4.69, 9.17) is 0 Å². The van der Waals surface area contributed by atoms with Crippen LogP contribution >= 0.6 is 0 Å². The second kappa shape index (κ2) is 7.59. The first-order valence-electron chi connectivity index (χ1n) is 10.1. The number of hydrogen-bond acceptors (Lipinski definition) is 6. The number of aromatic nitrogens is 4. The Morgan fingerprint density at radius 1 is 1.26 bits per heavy atom. The largest absolute Gasteiger partial charge is 0.368 e. The molecule has 9 heteroatoms. The van der Waals surface area contributed by atoms with Crippen LogP contribution in [0.15, 0.2) is 43.0 Å². The number of likely N-dealkylation sites (N-methyl/N-ethyl adjacent to an activating group) is 1. The van der Waals surface area contributed by atoms with Crippen molar-refractivity contribution in [3.63, 3.8) is 0 Å². The normalized spacial score (nSPS) is 16.2. The Morgan fingerprint density at radius 2 is 2.06 bits per heavy atom. The summed E-state index contributed by atoms with van der Waals surface area (Å²) >= 11 is 0. The highest BCUT2D eigenvalue weighted by atomic mass is 19.1. The third-order valence-corrected chi connectivity index (χ3v) is 5.70. The van der Waals surface area contributed by atoms with Crippen LogP contribution in [0.3, 0.4) is 0 Å². The molecule has 31 heavy (non-hydrogen) atoms. The van der Waals surface area contributed by atoms with E-state index in [1.54, 1.807) is 42.2 Å². The van der Waals surface area contributed by atoms with E-state index in [0.29, 0.717) is 34.0 Å². The molecular weight excluding hydrogens is 397 g/mol. The molecule has 5 rings (SSSR count). The van der Waals surface area contributed by atoms with Gasteiger partial charge in [-0.05, 0) is 32.0 Å². The van der Waals surface area contributed by atoms with Gasteiger partial charge in [0.1, 0.15) is 11.0 Å². The molecule has 1 aliphatic heterocycles. The molecule has 158 valence electrons. The molecule has 1 aliphatic rings. The van der Waals surface area contributed by atoms with Crippen LogP contribution in [0, 0.1) is 12.7 Å². The van der Waals surface area contributed by atoms with E-state index >= 15 is 0 Å². The van der Waals surface area contributed by atoms with E-state index in [1.165, 1.54) is 6.07 Å². The predicted octanol–water partition coefficient (Wildman–Crippen LogP) is 2.78. The summed E-state index contributed by atoms with van der Waals surface area (Å²) in [5, 5.41) is 6.15. The van der Waals surface area contributed by atoms with Crippen LogP contribution in [0.1, 0.15) is 22.5 Å². The summed E-state index contributed by atoms with van der Waals surface area (Å²) in [4.78, 5) is 28.3. The average Bonchev–Trinajstić information content (AvgIpc) is 3.42. The van der Waals surface area contributed by atoms with Crippen LogP contribution in [-0.2, 0) is 0 Å². The summed E-state index contributed by atoms with van der Waals surface area (Å²) in [6.45, 7) is 3.68. The number of halogens is 1. The zero-order valence-corrected chi connectivity index (χ0v) is 17.3. The first kappa shape index (κ1) is 19.4. The number of nitrogens with zero attached hydrogens (tertiary/aromatic N) is 5. The van der Waals surface area contributed by atoms with Gasteiger partial charge in [0.2, 0.25) is 0 Å². The maximum atomic E-state index is 14.4. The van der Waals surface area contributed by atoms with Gasteiger partial charge in [0.15, 0.2) is 11.5 Å². The molecular formula is C22H22FN7O. The van der Waals surface area contributed by atoms with E-state index in [2.05, 4.69) is 30.5 Å². The Hall–Kier alpha value is -3.59. The van der Waals surface area contributed by atoms with E-state index < -0.39 is 5.82 Å². The van der Waals surface area contributed by atoms with Crippen molar-refractivity contribution in [3.05, 3.63) is 60.1 Å². The Morgan fingerprint density at radius 3 is 2.84 bits per heavy atom. The van der Waals surface area contributed by atoms with Gasteiger partial charge in [0, 0.05) is 50.5 Å². The minimum atomic E-state index is -0.502. The van der Waals surface area contributed by atoms with Crippen LogP contribution in [0.4, 0.5) is 15.8 Å².